The van der Waals surface area contributed by atoms with Crippen LogP contribution in [0.1, 0.15) is 0 Å². The zero-order valence-corrected chi connectivity index (χ0v) is 45.8. The lowest BCUT2D eigenvalue weighted by molar-refractivity contribution is 1.18. The number of benzene rings is 13. The number of para-hydroxylation sites is 4. The van der Waals surface area contributed by atoms with Gasteiger partial charge in [0.1, 0.15) is 0 Å². The summed E-state index contributed by atoms with van der Waals surface area (Å²) in [7, 11) is 0. The molecule has 0 aliphatic rings. The molecule has 4 heteroatoms. The van der Waals surface area contributed by atoms with Gasteiger partial charge < -0.3 is 9.13 Å². The molecule has 3 heterocycles. The fourth-order valence-corrected chi connectivity index (χ4v) is 12.5. The molecule has 0 saturated heterocycles. The molecule has 13 aromatic carbocycles. The second-order valence-corrected chi connectivity index (χ2v) is 21.7. The van der Waals surface area contributed by atoms with Gasteiger partial charge in [-0.1, -0.05) is 231 Å². The predicted molar refractivity (Wildman–Crippen MR) is 352 cm³/mol. The van der Waals surface area contributed by atoms with Gasteiger partial charge in [-0.25, -0.2) is 9.97 Å². The molecule has 0 unspecified atom stereocenters. The van der Waals surface area contributed by atoms with Crippen LogP contribution in [0.15, 0.2) is 315 Å². The highest BCUT2D eigenvalue weighted by Crippen LogP contribution is 2.40. The Hall–Kier alpha value is -11.2. The molecule has 84 heavy (non-hydrogen) atoms. The van der Waals surface area contributed by atoms with Crippen molar-refractivity contribution in [1.29, 1.82) is 0 Å². The summed E-state index contributed by atoms with van der Waals surface area (Å²) >= 11 is 0. The predicted octanol–water partition coefficient (Wildman–Crippen LogP) is 21.2. The highest BCUT2D eigenvalue weighted by atomic mass is 15.0. The quantitative estimate of drug-likeness (QED) is 0.137. The van der Waals surface area contributed by atoms with Gasteiger partial charge in [0.15, 0.2) is 0 Å². The van der Waals surface area contributed by atoms with E-state index in [0.29, 0.717) is 0 Å². The van der Waals surface area contributed by atoms with Crippen LogP contribution in [0.5, 0.6) is 0 Å². The fraction of sp³-hybridized carbons (Fsp3) is 0. The van der Waals surface area contributed by atoms with E-state index in [1.165, 1.54) is 88.1 Å². The van der Waals surface area contributed by atoms with Crippen molar-refractivity contribution < 1.29 is 0 Å². The largest absolute Gasteiger partial charge is 0.309 e. The van der Waals surface area contributed by atoms with Crippen LogP contribution in [-0.2, 0) is 0 Å². The maximum absolute atomic E-state index is 5.31. The lowest BCUT2D eigenvalue weighted by Crippen LogP contribution is -1.96. The Morgan fingerprint density at radius 1 is 0.179 bits per heavy atom. The molecule has 0 radical (unpaired) electrons. The molecular weight excluding hydrogens is 1020 g/mol. The van der Waals surface area contributed by atoms with E-state index in [0.717, 1.165) is 67.2 Å². The van der Waals surface area contributed by atoms with Crippen LogP contribution in [0.4, 0.5) is 0 Å². The smallest absolute Gasteiger partial charge is 0.0973 e. The minimum atomic E-state index is 0.851. The van der Waals surface area contributed by atoms with Crippen LogP contribution in [-0.4, -0.2) is 19.1 Å². The first-order valence-electron chi connectivity index (χ1n) is 28.7. The van der Waals surface area contributed by atoms with Gasteiger partial charge in [-0.15, -0.1) is 0 Å². The first-order chi connectivity index (χ1) is 41.6. The Bertz CT molecular complexity index is 4810. The van der Waals surface area contributed by atoms with Gasteiger partial charge in [0.25, 0.3) is 0 Å². The lowest BCUT2D eigenvalue weighted by atomic mass is 9.97. The first-order valence-corrected chi connectivity index (χ1v) is 28.7. The molecule has 0 saturated carbocycles. The number of rotatable bonds is 10. The fourth-order valence-electron chi connectivity index (χ4n) is 12.5. The van der Waals surface area contributed by atoms with Gasteiger partial charge in [0.05, 0.1) is 44.5 Å². The Labute approximate surface area is 487 Å². The highest BCUT2D eigenvalue weighted by Gasteiger charge is 2.19. The van der Waals surface area contributed by atoms with Crippen molar-refractivity contribution in [2.75, 3.05) is 0 Å². The van der Waals surface area contributed by atoms with Crippen LogP contribution in [0.25, 0.3) is 155 Å². The van der Waals surface area contributed by atoms with Crippen LogP contribution in [0.2, 0.25) is 0 Å². The van der Waals surface area contributed by atoms with E-state index in [1.807, 2.05) is 24.3 Å². The second kappa shape index (κ2) is 20.4. The van der Waals surface area contributed by atoms with E-state index in [4.69, 9.17) is 9.97 Å². The standard InChI is InChI=1S/C80H52N4/c1-3-15-53(16-4-1)61-19-13-21-63(49-61)57-37-43-67(44-38-57)83-75-27-11-7-23-69(75)71-51-65(41-47-77(71)83)55-29-33-59(34-30-55)79-80(82-74-26-10-9-25-73(74)81-79)60-35-31-56(32-36-60)66-42-48-78-72(52-66)70-24-8-12-28-76(70)84(78)68-45-39-58(40-46-68)64-22-14-20-62(50-64)54-17-5-2-6-18-54/h1-52H. The molecule has 16 aromatic rings. The maximum Gasteiger partial charge on any atom is 0.0973 e. The van der Waals surface area contributed by atoms with Crippen molar-refractivity contribution in [2.45, 2.75) is 0 Å². The molecule has 0 N–H and O–H groups in total. The van der Waals surface area contributed by atoms with Crippen LogP contribution < -0.4 is 0 Å². The normalized spacial score (nSPS) is 11.6. The summed E-state index contributed by atoms with van der Waals surface area (Å²) < 4.78 is 4.78. The molecule has 0 aliphatic heterocycles. The molecule has 392 valence electrons. The molecular formula is C80H52N4. The Morgan fingerprint density at radius 3 is 0.845 bits per heavy atom. The van der Waals surface area contributed by atoms with E-state index in [-0.39, 0.29) is 0 Å². The molecule has 0 aliphatic carbocycles. The maximum atomic E-state index is 5.31. The van der Waals surface area contributed by atoms with Crippen molar-refractivity contribution in [3.8, 4) is 101 Å². The minimum Gasteiger partial charge on any atom is -0.309 e. The molecule has 0 fully saturated rings. The zero-order chi connectivity index (χ0) is 55.5. The van der Waals surface area contributed by atoms with E-state index in [9.17, 15) is 0 Å². The third-order valence-electron chi connectivity index (χ3n) is 16.8. The molecule has 0 bridgehead atoms. The van der Waals surface area contributed by atoms with E-state index in [2.05, 4.69) is 300 Å². The Balaban J connectivity index is 0.692. The lowest BCUT2D eigenvalue weighted by Gasteiger charge is -2.13. The molecule has 16 rings (SSSR count). The molecule has 0 spiro atoms. The van der Waals surface area contributed by atoms with Crippen LogP contribution in [0.3, 0.4) is 0 Å². The summed E-state index contributed by atoms with van der Waals surface area (Å²) in [5.74, 6) is 0. The van der Waals surface area contributed by atoms with Gasteiger partial charge >= 0.3 is 0 Å². The Morgan fingerprint density at radius 2 is 0.452 bits per heavy atom. The SMILES string of the molecule is c1ccc(-c2cccc(-c3ccc(-n4c5ccccc5c5cc(-c6ccc(-c7nc8ccccc8nc7-c7ccc(-c8ccc9c(c8)c8ccccc8n9-c8ccc(-c9cccc(-c%10ccccc%10)c9)cc8)cc7)cc6)ccc54)cc3)c2)cc1. The highest BCUT2D eigenvalue weighted by molar-refractivity contribution is 6.12. The second-order valence-electron chi connectivity index (χ2n) is 21.7. The number of fused-ring (bicyclic) bond motifs is 7. The number of hydrogen-bond donors (Lipinski definition) is 0. The monoisotopic (exact) mass is 1070 g/mol. The molecule has 4 nitrogen and oxygen atoms in total. The third-order valence-corrected chi connectivity index (χ3v) is 16.8. The van der Waals surface area contributed by atoms with Crippen molar-refractivity contribution in [1.82, 2.24) is 19.1 Å². The minimum absolute atomic E-state index is 0.851. The summed E-state index contributed by atoms with van der Waals surface area (Å²) in [6.45, 7) is 0. The average molecular weight is 1070 g/mol. The summed E-state index contributed by atoms with van der Waals surface area (Å²) in [5.41, 5.74) is 26.6. The topological polar surface area (TPSA) is 35.6 Å². The molecule has 0 amide bonds. The van der Waals surface area contributed by atoms with Gasteiger partial charge in [-0.3, -0.25) is 0 Å². The summed E-state index contributed by atoms with van der Waals surface area (Å²) in [6.07, 6.45) is 0. The van der Waals surface area contributed by atoms with E-state index < -0.39 is 0 Å². The Kier molecular flexibility index (Phi) is 11.8. The van der Waals surface area contributed by atoms with Crippen LogP contribution in [0, 0.1) is 0 Å². The van der Waals surface area contributed by atoms with E-state index in [1.54, 1.807) is 0 Å². The third kappa shape index (κ3) is 8.64. The van der Waals surface area contributed by atoms with Crippen molar-refractivity contribution in [2.24, 2.45) is 0 Å². The van der Waals surface area contributed by atoms with Gasteiger partial charge in [0, 0.05) is 44.0 Å². The van der Waals surface area contributed by atoms with Crippen LogP contribution >= 0.6 is 0 Å². The van der Waals surface area contributed by atoms with Crippen molar-refractivity contribution in [3.63, 3.8) is 0 Å². The number of hydrogen-bond acceptors (Lipinski definition) is 2. The summed E-state index contributed by atoms with van der Waals surface area (Å²) in [5, 5.41) is 4.88. The molecule has 0 atom stereocenters. The van der Waals surface area contributed by atoms with Gasteiger partial charge in [-0.05, 0) is 152 Å². The summed E-state index contributed by atoms with van der Waals surface area (Å²) in [6, 6.07) is 114. The zero-order valence-electron chi connectivity index (χ0n) is 45.8. The van der Waals surface area contributed by atoms with E-state index >= 15 is 0 Å². The molecule has 3 aromatic heterocycles. The average Bonchev–Trinajstić information content (AvgIpc) is 2.32. The first kappa shape index (κ1) is 48.7. The van der Waals surface area contributed by atoms with Crippen molar-refractivity contribution in [3.05, 3.63) is 315 Å². The summed E-state index contributed by atoms with van der Waals surface area (Å²) in [4.78, 5) is 10.6. The number of nitrogens with zero attached hydrogens (tertiary/aromatic N) is 4. The van der Waals surface area contributed by atoms with Gasteiger partial charge in [-0.2, -0.15) is 0 Å². The van der Waals surface area contributed by atoms with Gasteiger partial charge in [0.2, 0.25) is 0 Å². The number of aromatic nitrogens is 4. The van der Waals surface area contributed by atoms with Crippen molar-refractivity contribution >= 4 is 54.6 Å².